The molecule has 86 valence electrons. The average molecular weight is 218 g/mol. The summed E-state index contributed by atoms with van der Waals surface area (Å²) in [6, 6.07) is 9.43. The van der Waals surface area contributed by atoms with Crippen LogP contribution in [0.1, 0.15) is 32.8 Å². The highest BCUT2D eigenvalue weighted by Crippen LogP contribution is 2.25. The van der Waals surface area contributed by atoms with Gasteiger partial charge in [-0.15, -0.1) is 0 Å². The molecule has 0 aliphatic rings. The van der Waals surface area contributed by atoms with Crippen molar-refractivity contribution in [3.05, 3.63) is 42.5 Å². The summed E-state index contributed by atoms with van der Waals surface area (Å²) < 4.78 is 5.26. The van der Waals surface area contributed by atoms with E-state index < -0.39 is 5.41 Å². The van der Waals surface area contributed by atoms with Crippen molar-refractivity contribution >= 4 is 11.7 Å². The predicted molar refractivity (Wildman–Crippen MR) is 65.6 cm³/mol. The summed E-state index contributed by atoms with van der Waals surface area (Å²) >= 11 is 0. The number of hydrogen-bond acceptors (Lipinski definition) is 2. The Bertz CT molecular complexity index is 377. The van der Waals surface area contributed by atoms with Gasteiger partial charge in [0.2, 0.25) is 0 Å². The van der Waals surface area contributed by atoms with E-state index in [2.05, 4.69) is 6.58 Å². The molecule has 0 saturated heterocycles. The molecular formula is C14H18O2. The quantitative estimate of drug-likeness (QED) is 0.569. The van der Waals surface area contributed by atoms with Crippen LogP contribution in [0.4, 0.5) is 0 Å². The van der Waals surface area contributed by atoms with Crippen LogP contribution in [0.3, 0.4) is 0 Å². The number of rotatable bonds is 4. The van der Waals surface area contributed by atoms with E-state index in [0.717, 1.165) is 12.0 Å². The van der Waals surface area contributed by atoms with E-state index >= 15 is 0 Å². The van der Waals surface area contributed by atoms with E-state index in [-0.39, 0.29) is 5.97 Å². The molecule has 1 aromatic carbocycles. The first-order chi connectivity index (χ1) is 7.47. The van der Waals surface area contributed by atoms with Crippen LogP contribution in [0.5, 0.6) is 0 Å². The third-order valence-corrected chi connectivity index (χ3v) is 2.75. The molecule has 2 heteroatoms. The fourth-order valence-corrected chi connectivity index (χ4v) is 1.08. The molecule has 0 bridgehead atoms. The average Bonchev–Trinajstić information content (AvgIpc) is 2.30. The van der Waals surface area contributed by atoms with E-state index in [0.29, 0.717) is 5.76 Å². The fraction of sp³-hybridized carbons (Fsp3) is 0.357. The van der Waals surface area contributed by atoms with Crippen molar-refractivity contribution in [3.8, 4) is 0 Å². The number of benzene rings is 1. The molecule has 0 aliphatic heterocycles. The number of carbonyl (C=O) groups is 1. The Balaban J connectivity index is 2.70. The number of hydrogen-bond donors (Lipinski definition) is 0. The van der Waals surface area contributed by atoms with Crippen molar-refractivity contribution in [2.45, 2.75) is 27.2 Å². The minimum absolute atomic E-state index is 0.233. The lowest BCUT2D eigenvalue weighted by molar-refractivity contribution is -0.146. The van der Waals surface area contributed by atoms with E-state index in [1.165, 1.54) is 0 Å². The molecular weight excluding hydrogens is 200 g/mol. The van der Waals surface area contributed by atoms with Crippen molar-refractivity contribution in [2.75, 3.05) is 0 Å². The zero-order chi connectivity index (χ0) is 12.2. The van der Waals surface area contributed by atoms with Crippen molar-refractivity contribution in [1.82, 2.24) is 0 Å². The zero-order valence-corrected chi connectivity index (χ0v) is 10.1. The first-order valence-corrected chi connectivity index (χ1v) is 5.44. The van der Waals surface area contributed by atoms with Gasteiger partial charge in [-0.3, -0.25) is 4.79 Å². The Hall–Kier alpha value is -1.57. The molecule has 0 fully saturated rings. The van der Waals surface area contributed by atoms with Crippen LogP contribution in [0, 0.1) is 5.41 Å². The number of esters is 1. The van der Waals surface area contributed by atoms with E-state index in [1.807, 2.05) is 51.1 Å². The van der Waals surface area contributed by atoms with Gasteiger partial charge in [-0.05, 0) is 20.3 Å². The first kappa shape index (κ1) is 12.5. The second-order valence-corrected chi connectivity index (χ2v) is 4.42. The molecule has 0 radical (unpaired) electrons. The molecule has 0 spiro atoms. The van der Waals surface area contributed by atoms with Gasteiger partial charge in [-0.2, -0.15) is 0 Å². The summed E-state index contributed by atoms with van der Waals surface area (Å²) in [6.07, 6.45) is 0.744. The molecule has 0 N–H and O–H groups in total. The molecule has 0 aromatic heterocycles. The smallest absolute Gasteiger partial charge is 0.316 e. The minimum Gasteiger partial charge on any atom is -0.426 e. The van der Waals surface area contributed by atoms with Gasteiger partial charge in [-0.1, -0.05) is 43.8 Å². The van der Waals surface area contributed by atoms with E-state index in [9.17, 15) is 4.79 Å². The molecule has 16 heavy (non-hydrogen) atoms. The largest absolute Gasteiger partial charge is 0.426 e. The summed E-state index contributed by atoms with van der Waals surface area (Å²) in [5.74, 6) is 0.177. The third-order valence-electron chi connectivity index (χ3n) is 2.75. The molecule has 0 unspecified atom stereocenters. The van der Waals surface area contributed by atoms with Gasteiger partial charge in [0.25, 0.3) is 0 Å². The Morgan fingerprint density at radius 1 is 1.31 bits per heavy atom. The maximum atomic E-state index is 11.8. The van der Waals surface area contributed by atoms with Gasteiger partial charge in [0.1, 0.15) is 5.76 Å². The standard InChI is InChI=1S/C14H18O2/c1-5-14(3,4)13(15)16-11(2)12-9-7-6-8-10-12/h6-10H,2,5H2,1,3-4H3. The zero-order valence-electron chi connectivity index (χ0n) is 10.1. The van der Waals surface area contributed by atoms with Crippen molar-refractivity contribution in [3.63, 3.8) is 0 Å². The lowest BCUT2D eigenvalue weighted by Crippen LogP contribution is -2.25. The van der Waals surface area contributed by atoms with Crippen LogP contribution >= 0.6 is 0 Å². The Morgan fingerprint density at radius 2 is 1.88 bits per heavy atom. The summed E-state index contributed by atoms with van der Waals surface area (Å²) in [4.78, 5) is 11.8. The fourth-order valence-electron chi connectivity index (χ4n) is 1.08. The molecule has 1 aromatic rings. The molecule has 0 saturated carbocycles. The summed E-state index contributed by atoms with van der Waals surface area (Å²) in [5.41, 5.74) is 0.375. The van der Waals surface area contributed by atoms with Crippen LogP contribution in [0.2, 0.25) is 0 Å². The highest BCUT2D eigenvalue weighted by atomic mass is 16.5. The monoisotopic (exact) mass is 218 g/mol. The Kier molecular flexibility index (Phi) is 3.88. The Labute approximate surface area is 96.9 Å². The molecule has 1 rings (SSSR count). The molecule has 0 atom stereocenters. The third kappa shape index (κ3) is 2.96. The SMILES string of the molecule is C=C(OC(=O)C(C)(C)CC)c1ccccc1. The van der Waals surface area contributed by atoms with Crippen molar-refractivity contribution in [2.24, 2.45) is 5.41 Å². The van der Waals surface area contributed by atoms with Gasteiger partial charge in [0.15, 0.2) is 0 Å². The summed E-state index contributed by atoms with van der Waals surface area (Å²) in [7, 11) is 0. The van der Waals surface area contributed by atoms with Crippen molar-refractivity contribution in [1.29, 1.82) is 0 Å². The highest BCUT2D eigenvalue weighted by Gasteiger charge is 2.27. The topological polar surface area (TPSA) is 26.3 Å². The highest BCUT2D eigenvalue weighted by molar-refractivity contribution is 5.81. The van der Waals surface area contributed by atoms with Gasteiger partial charge in [0.05, 0.1) is 5.41 Å². The molecule has 0 aliphatic carbocycles. The van der Waals surface area contributed by atoms with Crippen LogP contribution in [-0.2, 0) is 9.53 Å². The van der Waals surface area contributed by atoms with Gasteiger partial charge in [-0.25, -0.2) is 0 Å². The lowest BCUT2D eigenvalue weighted by atomic mass is 9.91. The maximum absolute atomic E-state index is 11.8. The molecule has 0 heterocycles. The number of carbonyl (C=O) groups excluding carboxylic acids is 1. The minimum atomic E-state index is -0.461. The number of ether oxygens (including phenoxy) is 1. The lowest BCUT2D eigenvalue weighted by Gasteiger charge is -2.20. The van der Waals surface area contributed by atoms with Crippen LogP contribution in [0.25, 0.3) is 5.76 Å². The first-order valence-electron chi connectivity index (χ1n) is 5.44. The maximum Gasteiger partial charge on any atom is 0.316 e. The van der Waals surface area contributed by atoms with Crippen LogP contribution in [0.15, 0.2) is 36.9 Å². The normalized spacial score (nSPS) is 10.9. The van der Waals surface area contributed by atoms with E-state index in [4.69, 9.17) is 4.74 Å². The van der Waals surface area contributed by atoms with Crippen molar-refractivity contribution < 1.29 is 9.53 Å². The Morgan fingerprint density at radius 3 is 2.38 bits per heavy atom. The van der Waals surface area contributed by atoms with E-state index in [1.54, 1.807) is 0 Å². The molecule has 0 amide bonds. The summed E-state index contributed by atoms with van der Waals surface area (Å²) in [5, 5.41) is 0. The predicted octanol–water partition coefficient (Wildman–Crippen LogP) is 3.64. The van der Waals surface area contributed by atoms with Crippen LogP contribution in [-0.4, -0.2) is 5.97 Å². The van der Waals surface area contributed by atoms with Gasteiger partial charge >= 0.3 is 5.97 Å². The molecule has 2 nitrogen and oxygen atoms in total. The second-order valence-electron chi connectivity index (χ2n) is 4.42. The second kappa shape index (κ2) is 4.97. The van der Waals surface area contributed by atoms with Gasteiger partial charge < -0.3 is 4.74 Å². The summed E-state index contributed by atoms with van der Waals surface area (Å²) in [6.45, 7) is 9.47. The van der Waals surface area contributed by atoms with Crippen LogP contribution < -0.4 is 0 Å². The van der Waals surface area contributed by atoms with Gasteiger partial charge in [0, 0.05) is 5.56 Å².